The SMILES string of the molecule is CC(C)(C)c1ccccc1Nc1nccc(C(=O)Nc2ccccc2Cl)n1. The summed E-state index contributed by atoms with van der Waals surface area (Å²) in [5.41, 5.74) is 2.80. The molecule has 1 aromatic heterocycles. The lowest BCUT2D eigenvalue weighted by Gasteiger charge is -2.23. The van der Waals surface area contributed by atoms with E-state index in [-0.39, 0.29) is 17.0 Å². The molecular weight excluding hydrogens is 360 g/mol. The Morgan fingerprint density at radius 3 is 2.33 bits per heavy atom. The van der Waals surface area contributed by atoms with E-state index >= 15 is 0 Å². The molecule has 0 spiro atoms. The number of aromatic nitrogens is 2. The van der Waals surface area contributed by atoms with Crippen molar-refractivity contribution >= 4 is 34.8 Å². The molecule has 3 rings (SSSR count). The number of hydrogen-bond acceptors (Lipinski definition) is 4. The molecule has 1 heterocycles. The van der Waals surface area contributed by atoms with Crippen LogP contribution in [-0.4, -0.2) is 15.9 Å². The quantitative estimate of drug-likeness (QED) is 0.633. The van der Waals surface area contributed by atoms with Crippen LogP contribution < -0.4 is 10.6 Å². The second kappa shape index (κ2) is 7.76. The van der Waals surface area contributed by atoms with Gasteiger partial charge in [0.1, 0.15) is 5.69 Å². The van der Waals surface area contributed by atoms with Crippen molar-refractivity contribution in [2.24, 2.45) is 0 Å². The van der Waals surface area contributed by atoms with Crippen molar-refractivity contribution in [2.45, 2.75) is 26.2 Å². The van der Waals surface area contributed by atoms with Gasteiger partial charge in [-0.05, 0) is 35.2 Å². The van der Waals surface area contributed by atoms with Crippen LogP contribution in [0, 0.1) is 0 Å². The molecule has 1 amide bonds. The highest BCUT2D eigenvalue weighted by molar-refractivity contribution is 6.33. The van der Waals surface area contributed by atoms with Gasteiger partial charge in [-0.1, -0.05) is 62.7 Å². The van der Waals surface area contributed by atoms with Crippen LogP contribution in [-0.2, 0) is 5.41 Å². The summed E-state index contributed by atoms with van der Waals surface area (Å²) in [4.78, 5) is 21.1. The van der Waals surface area contributed by atoms with Gasteiger partial charge in [0, 0.05) is 11.9 Å². The number of carbonyl (C=O) groups excluding carboxylic acids is 1. The predicted molar refractivity (Wildman–Crippen MR) is 110 cm³/mol. The zero-order valence-corrected chi connectivity index (χ0v) is 16.2. The van der Waals surface area contributed by atoms with Gasteiger partial charge in [0.15, 0.2) is 0 Å². The van der Waals surface area contributed by atoms with Gasteiger partial charge in [0.05, 0.1) is 10.7 Å². The van der Waals surface area contributed by atoms with Crippen LogP contribution in [0.3, 0.4) is 0 Å². The first-order valence-corrected chi connectivity index (χ1v) is 8.98. The maximum atomic E-state index is 12.5. The van der Waals surface area contributed by atoms with E-state index in [1.165, 1.54) is 0 Å². The Morgan fingerprint density at radius 1 is 0.963 bits per heavy atom. The average molecular weight is 381 g/mol. The average Bonchev–Trinajstić information content (AvgIpc) is 2.63. The molecule has 0 saturated heterocycles. The zero-order valence-electron chi connectivity index (χ0n) is 15.5. The van der Waals surface area contributed by atoms with Gasteiger partial charge in [-0.15, -0.1) is 0 Å². The fraction of sp³-hybridized carbons (Fsp3) is 0.190. The number of halogens is 1. The molecular formula is C21H21ClN4O. The Hall–Kier alpha value is -2.92. The van der Waals surface area contributed by atoms with Gasteiger partial charge in [-0.2, -0.15) is 0 Å². The Bertz CT molecular complexity index is 966. The normalized spacial score (nSPS) is 11.1. The molecule has 3 aromatic rings. The van der Waals surface area contributed by atoms with Crippen molar-refractivity contribution in [3.8, 4) is 0 Å². The minimum absolute atomic E-state index is 0.0391. The highest BCUT2D eigenvalue weighted by atomic mass is 35.5. The van der Waals surface area contributed by atoms with E-state index in [1.54, 1.807) is 36.5 Å². The minimum atomic E-state index is -0.349. The summed E-state index contributed by atoms with van der Waals surface area (Å²) >= 11 is 6.09. The first kappa shape index (κ1) is 18.9. The number of carbonyl (C=O) groups is 1. The first-order valence-electron chi connectivity index (χ1n) is 8.60. The predicted octanol–water partition coefficient (Wildman–Crippen LogP) is 5.42. The summed E-state index contributed by atoms with van der Waals surface area (Å²) in [6.07, 6.45) is 1.55. The van der Waals surface area contributed by atoms with E-state index in [0.717, 1.165) is 11.3 Å². The van der Waals surface area contributed by atoms with Crippen molar-refractivity contribution in [3.63, 3.8) is 0 Å². The van der Waals surface area contributed by atoms with Gasteiger partial charge < -0.3 is 10.6 Å². The van der Waals surface area contributed by atoms with Gasteiger partial charge in [0.2, 0.25) is 5.95 Å². The number of hydrogen-bond donors (Lipinski definition) is 2. The van der Waals surface area contributed by atoms with Crippen LogP contribution >= 0.6 is 11.6 Å². The maximum absolute atomic E-state index is 12.5. The summed E-state index contributed by atoms with van der Waals surface area (Å²) in [5, 5.41) is 6.46. The molecule has 0 fully saturated rings. The maximum Gasteiger partial charge on any atom is 0.274 e. The topological polar surface area (TPSA) is 66.9 Å². The summed E-state index contributed by atoms with van der Waals surface area (Å²) in [6, 6.07) is 16.6. The highest BCUT2D eigenvalue weighted by Crippen LogP contribution is 2.30. The number of benzene rings is 2. The molecule has 27 heavy (non-hydrogen) atoms. The molecule has 2 N–H and O–H groups in total. The van der Waals surface area contributed by atoms with E-state index in [4.69, 9.17) is 11.6 Å². The zero-order chi connectivity index (χ0) is 19.4. The lowest BCUT2D eigenvalue weighted by atomic mass is 9.86. The van der Waals surface area contributed by atoms with Crippen molar-refractivity contribution in [2.75, 3.05) is 10.6 Å². The van der Waals surface area contributed by atoms with Gasteiger partial charge in [-0.3, -0.25) is 4.79 Å². The lowest BCUT2D eigenvalue weighted by molar-refractivity contribution is 0.102. The number of para-hydroxylation sites is 2. The van der Waals surface area contributed by atoms with Crippen molar-refractivity contribution in [1.82, 2.24) is 9.97 Å². The standard InChI is InChI=1S/C21H21ClN4O/c1-21(2,3)14-8-4-6-10-16(14)25-20-23-13-12-18(26-20)19(27)24-17-11-7-5-9-15(17)22/h4-13H,1-3H3,(H,24,27)(H,23,25,26). The molecule has 0 aliphatic carbocycles. The Balaban J connectivity index is 1.83. The molecule has 0 radical (unpaired) electrons. The second-order valence-corrected chi connectivity index (χ2v) is 7.53. The molecule has 0 aliphatic rings. The van der Waals surface area contributed by atoms with Crippen molar-refractivity contribution < 1.29 is 4.79 Å². The fourth-order valence-electron chi connectivity index (χ4n) is 2.66. The fourth-order valence-corrected chi connectivity index (χ4v) is 2.84. The third-order valence-electron chi connectivity index (χ3n) is 3.99. The van der Waals surface area contributed by atoms with E-state index < -0.39 is 0 Å². The molecule has 0 saturated carbocycles. The molecule has 0 aliphatic heterocycles. The third-order valence-corrected chi connectivity index (χ3v) is 4.32. The Kier molecular flexibility index (Phi) is 5.42. The van der Waals surface area contributed by atoms with Crippen LogP contribution in [0.15, 0.2) is 60.8 Å². The van der Waals surface area contributed by atoms with Gasteiger partial charge in [-0.25, -0.2) is 9.97 Å². The second-order valence-electron chi connectivity index (χ2n) is 7.12. The van der Waals surface area contributed by atoms with E-state index in [1.807, 2.05) is 18.2 Å². The minimum Gasteiger partial charge on any atom is -0.324 e. The third kappa shape index (κ3) is 4.63. The Morgan fingerprint density at radius 2 is 1.63 bits per heavy atom. The van der Waals surface area contributed by atoms with Crippen LogP contribution in [0.1, 0.15) is 36.8 Å². The molecule has 138 valence electrons. The van der Waals surface area contributed by atoms with E-state index in [9.17, 15) is 4.79 Å². The highest BCUT2D eigenvalue weighted by Gasteiger charge is 2.18. The summed E-state index contributed by atoms with van der Waals surface area (Å²) < 4.78 is 0. The van der Waals surface area contributed by atoms with Crippen LogP contribution in [0.4, 0.5) is 17.3 Å². The Labute approximate surface area is 163 Å². The molecule has 0 unspecified atom stereocenters. The number of amides is 1. The van der Waals surface area contributed by atoms with E-state index in [2.05, 4.69) is 47.4 Å². The van der Waals surface area contributed by atoms with Gasteiger partial charge >= 0.3 is 0 Å². The lowest BCUT2D eigenvalue weighted by Crippen LogP contribution is -2.16. The number of nitrogens with one attached hydrogen (secondary N) is 2. The van der Waals surface area contributed by atoms with Crippen LogP contribution in [0.2, 0.25) is 5.02 Å². The monoisotopic (exact) mass is 380 g/mol. The smallest absolute Gasteiger partial charge is 0.274 e. The van der Waals surface area contributed by atoms with Crippen LogP contribution in [0.5, 0.6) is 0 Å². The molecule has 0 bridgehead atoms. The summed E-state index contributed by atoms with van der Waals surface area (Å²) in [6.45, 7) is 6.42. The van der Waals surface area contributed by atoms with Gasteiger partial charge in [0.25, 0.3) is 5.91 Å². The molecule has 0 atom stereocenters. The molecule has 6 heteroatoms. The summed E-state index contributed by atoms with van der Waals surface area (Å²) in [7, 11) is 0. The van der Waals surface area contributed by atoms with E-state index in [0.29, 0.717) is 16.7 Å². The summed E-state index contributed by atoms with van der Waals surface area (Å²) in [5.74, 6) is 0.0103. The number of rotatable bonds is 4. The van der Waals surface area contributed by atoms with Crippen molar-refractivity contribution in [1.29, 1.82) is 0 Å². The van der Waals surface area contributed by atoms with Crippen LogP contribution in [0.25, 0.3) is 0 Å². The molecule has 5 nitrogen and oxygen atoms in total. The number of nitrogens with zero attached hydrogens (tertiary/aromatic N) is 2. The largest absolute Gasteiger partial charge is 0.324 e. The van der Waals surface area contributed by atoms with Crippen molar-refractivity contribution in [3.05, 3.63) is 77.1 Å². The number of anilines is 3. The molecule has 2 aromatic carbocycles. The first-order chi connectivity index (χ1) is 12.8.